The zero-order valence-corrected chi connectivity index (χ0v) is 16.1. The molecule has 0 unspecified atom stereocenters. The topological polar surface area (TPSA) is 84.5 Å². The Morgan fingerprint density at radius 2 is 1.80 bits per heavy atom. The minimum Gasteiger partial charge on any atom is -0.467 e. The summed E-state index contributed by atoms with van der Waals surface area (Å²) in [4.78, 5) is 35.8. The largest absolute Gasteiger partial charge is 0.467 e. The maximum absolute atomic E-state index is 12.5. The molecule has 1 aromatic rings. The Morgan fingerprint density at radius 1 is 1.16 bits per heavy atom. The number of amides is 2. The molecule has 6 nitrogen and oxygen atoms in total. The van der Waals surface area contributed by atoms with Gasteiger partial charge in [0.05, 0.1) is 7.11 Å². The molecule has 2 amide bonds. The molecule has 0 radical (unpaired) electrons. The van der Waals surface area contributed by atoms with Crippen molar-refractivity contribution in [2.75, 3.05) is 7.11 Å². The molecule has 0 fully saturated rings. The molecule has 0 bridgehead atoms. The van der Waals surface area contributed by atoms with Crippen LogP contribution >= 0.6 is 23.2 Å². The fraction of sp³-hybridized carbons (Fsp3) is 0.471. The second kappa shape index (κ2) is 9.63. The molecule has 0 spiro atoms. The minimum absolute atomic E-state index is 0.138. The van der Waals surface area contributed by atoms with Crippen LogP contribution in [-0.2, 0) is 25.5 Å². The Balaban J connectivity index is 2.97. The van der Waals surface area contributed by atoms with Crippen molar-refractivity contribution >= 4 is 41.0 Å². The highest BCUT2D eigenvalue weighted by Gasteiger charge is 2.29. The standard InChI is InChI=1S/C17H22Cl2N2O4/c1-9(2)15(20-10(3)22)16(23)21-14(17(24)25-4)7-11-5-6-12(18)8-13(11)19/h5-6,8-9,14-15H,7H2,1-4H3,(H,20,22)(H,21,23)/t14-,15-/m1/s1. The van der Waals surface area contributed by atoms with Crippen LogP contribution < -0.4 is 10.6 Å². The van der Waals surface area contributed by atoms with Crippen molar-refractivity contribution in [2.45, 2.75) is 39.3 Å². The van der Waals surface area contributed by atoms with Crippen molar-refractivity contribution in [1.82, 2.24) is 10.6 Å². The molecule has 2 atom stereocenters. The van der Waals surface area contributed by atoms with Crippen LogP contribution in [0.4, 0.5) is 0 Å². The monoisotopic (exact) mass is 388 g/mol. The zero-order valence-electron chi connectivity index (χ0n) is 14.6. The van der Waals surface area contributed by atoms with Gasteiger partial charge >= 0.3 is 5.97 Å². The van der Waals surface area contributed by atoms with Crippen LogP contribution in [0.2, 0.25) is 10.0 Å². The van der Waals surface area contributed by atoms with E-state index in [-0.39, 0.29) is 18.2 Å². The van der Waals surface area contributed by atoms with Crippen LogP contribution in [0.5, 0.6) is 0 Å². The number of nitrogens with one attached hydrogen (secondary N) is 2. The molecule has 0 aliphatic rings. The van der Waals surface area contributed by atoms with Gasteiger partial charge < -0.3 is 15.4 Å². The third kappa shape index (κ3) is 6.55. The number of hydrogen-bond acceptors (Lipinski definition) is 4. The summed E-state index contributed by atoms with van der Waals surface area (Å²) in [5.74, 6) is -1.55. The second-order valence-corrected chi connectivity index (χ2v) is 6.79. The molecule has 0 aliphatic carbocycles. The summed E-state index contributed by atoms with van der Waals surface area (Å²) in [6.07, 6.45) is 0.138. The summed E-state index contributed by atoms with van der Waals surface area (Å²) in [5.41, 5.74) is 0.641. The van der Waals surface area contributed by atoms with Crippen molar-refractivity contribution < 1.29 is 19.1 Å². The van der Waals surface area contributed by atoms with Crippen molar-refractivity contribution in [1.29, 1.82) is 0 Å². The number of hydrogen-bond donors (Lipinski definition) is 2. The van der Waals surface area contributed by atoms with E-state index in [1.807, 2.05) is 0 Å². The molecule has 25 heavy (non-hydrogen) atoms. The Bertz CT molecular complexity index is 650. The smallest absolute Gasteiger partial charge is 0.328 e. The van der Waals surface area contributed by atoms with E-state index < -0.39 is 24.0 Å². The van der Waals surface area contributed by atoms with Crippen LogP contribution in [0.15, 0.2) is 18.2 Å². The van der Waals surface area contributed by atoms with Gasteiger partial charge in [-0.05, 0) is 23.6 Å². The predicted molar refractivity (Wildman–Crippen MR) is 96.6 cm³/mol. The van der Waals surface area contributed by atoms with Crippen molar-refractivity contribution in [3.05, 3.63) is 33.8 Å². The predicted octanol–water partition coefficient (Wildman–Crippen LogP) is 2.35. The number of halogens is 2. The number of rotatable bonds is 7. The summed E-state index contributed by atoms with van der Waals surface area (Å²) in [6, 6.07) is 3.19. The lowest BCUT2D eigenvalue weighted by molar-refractivity contribution is -0.145. The van der Waals surface area contributed by atoms with Crippen LogP contribution in [0.1, 0.15) is 26.3 Å². The van der Waals surface area contributed by atoms with E-state index in [2.05, 4.69) is 10.6 Å². The highest BCUT2D eigenvalue weighted by Crippen LogP contribution is 2.22. The number of esters is 1. The van der Waals surface area contributed by atoms with E-state index in [0.717, 1.165) is 0 Å². The number of methoxy groups -OCH3 is 1. The molecule has 0 heterocycles. The quantitative estimate of drug-likeness (QED) is 0.702. The first-order valence-electron chi connectivity index (χ1n) is 7.75. The van der Waals surface area contributed by atoms with Crippen LogP contribution in [0, 0.1) is 5.92 Å². The number of carbonyl (C=O) groups is 3. The highest BCUT2D eigenvalue weighted by molar-refractivity contribution is 6.35. The number of benzene rings is 1. The van der Waals surface area contributed by atoms with E-state index in [1.54, 1.807) is 32.0 Å². The molecule has 2 N–H and O–H groups in total. The second-order valence-electron chi connectivity index (χ2n) is 5.95. The number of carbonyl (C=O) groups excluding carboxylic acids is 3. The van der Waals surface area contributed by atoms with Gasteiger partial charge in [-0.15, -0.1) is 0 Å². The third-order valence-electron chi connectivity index (χ3n) is 3.55. The lowest BCUT2D eigenvalue weighted by Crippen LogP contribution is -2.54. The molecule has 1 rings (SSSR count). The van der Waals surface area contributed by atoms with Crippen LogP contribution in [0.3, 0.4) is 0 Å². The third-order valence-corrected chi connectivity index (χ3v) is 4.14. The van der Waals surface area contributed by atoms with E-state index in [4.69, 9.17) is 27.9 Å². The Morgan fingerprint density at radius 3 is 2.28 bits per heavy atom. The van der Waals surface area contributed by atoms with E-state index >= 15 is 0 Å². The molecule has 0 saturated carbocycles. The van der Waals surface area contributed by atoms with Crippen LogP contribution in [0.25, 0.3) is 0 Å². The molecular formula is C17H22Cl2N2O4. The van der Waals surface area contributed by atoms with Gasteiger partial charge in [0.25, 0.3) is 0 Å². The highest BCUT2D eigenvalue weighted by atomic mass is 35.5. The average molecular weight is 389 g/mol. The molecule has 0 saturated heterocycles. The minimum atomic E-state index is -0.939. The summed E-state index contributed by atoms with van der Waals surface area (Å²) in [5, 5.41) is 6.06. The zero-order chi connectivity index (χ0) is 19.1. The lowest BCUT2D eigenvalue weighted by Gasteiger charge is -2.24. The summed E-state index contributed by atoms with van der Waals surface area (Å²) in [7, 11) is 1.23. The van der Waals surface area contributed by atoms with Gasteiger partial charge in [-0.25, -0.2) is 4.79 Å². The van der Waals surface area contributed by atoms with Gasteiger partial charge in [0.2, 0.25) is 11.8 Å². The molecule has 8 heteroatoms. The summed E-state index contributed by atoms with van der Waals surface area (Å²) >= 11 is 12.0. The van der Waals surface area contributed by atoms with Crippen molar-refractivity contribution in [3.63, 3.8) is 0 Å². The van der Waals surface area contributed by atoms with Gasteiger partial charge in [-0.1, -0.05) is 43.1 Å². The fourth-order valence-electron chi connectivity index (χ4n) is 2.26. The molecular weight excluding hydrogens is 367 g/mol. The van der Waals surface area contributed by atoms with Gasteiger partial charge in [0.1, 0.15) is 12.1 Å². The normalized spacial score (nSPS) is 13.1. The van der Waals surface area contributed by atoms with Gasteiger partial charge in [0, 0.05) is 23.4 Å². The Labute approximate surface area is 157 Å². The molecule has 0 aromatic heterocycles. The molecule has 138 valence electrons. The van der Waals surface area contributed by atoms with Crippen LogP contribution in [-0.4, -0.2) is 37.0 Å². The SMILES string of the molecule is COC(=O)[C@@H](Cc1ccc(Cl)cc1Cl)NC(=O)[C@H](NC(C)=O)C(C)C. The van der Waals surface area contributed by atoms with Crippen molar-refractivity contribution in [2.24, 2.45) is 5.92 Å². The maximum atomic E-state index is 12.5. The fourth-order valence-corrected chi connectivity index (χ4v) is 2.74. The number of ether oxygens (including phenoxy) is 1. The molecule has 1 aromatic carbocycles. The first kappa shape index (κ1) is 21.3. The first-order valence-corrected chi connectivity index (χ1v) is 8.50. The lowest BCUT2D eigenvalue weighted by atomic mass is 10.0. The van der Waals surface area contributed by atoms with E-state index in [9.17, 15) is 14.4 Å². The van der Waals surface area contributed by atoms with Gasteiger partial charge in [-0.2, -0.15) is 0 Å². The summed E-state index contributed by atoms with van der Waals surface area (Å²) < 4.78 is 4.76. The molecule has 0 aliphatic heterocycles. The Kier molecular flexibility index (Phi) is 8.19. The van der Waals surface area contributed by atoms with Crippen molar-refractivity contribution in [3.8, 4) is 0 Å². The van der Waals surface area contributed by atoms with E-state index in [0.29, 0.717) is 15.6 Å². The average Bonchev–Trinajstić information content (AvgIpc) is 2.52. The summed E-state index contributed by atoms with van der Waals surface area (Å²) in [6.45, 7) is 4.92. The van der Waals surface area contributed by atoms with Gasteiger partial charge in [-0.3, -0.25) is 9.59 Å². The first-order chi connectivity index (χ1) is 11.6. The maximum Gasteiger partial charge on any atom is 0.328 e. The Hall–Kier alpha value is -1.79. The van der Waals surface area contributed by atoms with E-state index in [1.165, 1.54) is 14.0 Å². The van der Waals surface area contributed by atoms with Gasteiger partial charge in [0.15, 0.2) is 0 Å².